The first-order valence-corrected chi connectivity index (χ1v) is 7.59. The van der Waals surface area contributed by atoms with Gasteiger partial charge in [0.05, 0.1) is 7.11 Å². The molecule has 0 fully saturated rings. The third-order valence-electron chi connectivity index (χ3n) is 3.70. The second kappa shape index (κ2) is 6.76. The van der Waals surface area contributed by atoms with E-state index in [1.165, 1.54) is 21.2 Å². The predicted molar refractivity (Wildman–Crippen MR) is 86.2 cm³/mol. The number of aryl methyl sites for hydroxylation is 1. The minimum Gasteiger partial charge on any atom is -0.496 e. The lowest BCUT2D eigenvalue weighted by atomic mass is 9.85. The second-order valence-corrected chi connectivity index (χ2v) is 6.86. The highest BCUT2D eigenvalue weighted by atomic mass is 79.9. The number of halogens is 1. The van der Waals surface area contributed by atoms with E-state index in [-0.39, 0.29) is 0 Å². The minimum atomic E-state index is 0.294. The molecule has 0 aliphatic heterocycles. The number of rotatable bonds is 6. The molecule has 0 amide bonds. The van der Waals surface area contributed by atoms with Crippen LogP contribution in [0.2, 0.25) is 0 Å². The molecule has 108 valence electrons. The van der Waals surface area contributed by atoms with Gasteiger partial charge in [-0.1, -0.05) is 29.8 Å². The van der Waals surface area contributed by atoms with E-state index in [9.17, 15) is 0 Å². The highest BCUT2D eigenvalue weighted by Crippen LogP contribution is 2.35. The molecule has 1 N–H and O–H groups in total. The zero-order valence-electron chi connectivity index (χ0n) is 13.0. The van der Waals surface area contributed by atoms with Gasteiger partial charge in [-0.3, -0.25) is 0 Å². The average molecular weight is 328 g/mol. The molecule has 0 aromatic heterocycles. The lowest BCUT2D eigenvalue weighted by molar-refractivity contribution is 0.321. The van der Waals surface area contributed by atoms with Gasteiger partial charge >= 0.3 is 0 Å². The zero-order chi connectivity index (χ0) is 14.6. The van der Waals surface area contributed by atoms with Gasteiger partial charge < -0.3 is 10.1 Å². The first-order chi connectivity index (χ1) is 8.82. The summed E-state index contributed by atoms with van der Waals surface area (Å²) in [5.41, 5.74) is 4.12. The van der Waals surface area contributed by atoms with Crippen molar-refractivity contribution in [2.24, 2.45) is 5.41 Å². The van der Waals surface area contributed by atoms with Crippen LogP contribution in [-0.4, -0.2) is 20.7 Å². The number of hydrogen-bond donors (Lipinski definition) is 1. The Hall–Kier alpha value is -0.540. The number of nitrogens with one attached hydrogen (secondary N) is 1. The van der Waals surface area contributed by atoms with Gasteiger partial charge in [0, 0.05) is 4.47 Å². The van der Waals surface area contributed by atoms with Crippen molar-refractivity contribution < 1.29 is 4.74 Å². The molecule has 0 unspecified atom stereocenters. The molecule has 1 rings (SSSR count). The lowest BCUT2D eigenvalue weighted by Gasteiger charge is -2.25. The third kappa shape index (κ3) is 4.22. The lowest BCUT2D eigenvalue weighted by Crippen LogP contribution is -2.27. The highest BCUT2D eigenvalue weighted by molar-refractivity contribution is 9.10. The summed E-state index contributed by atoms with van der Waals surface area (Å²) in [6.45, 7) is 9.89. The fourth-order valence-corrected chi connectivity index (χ4v) is 3.11. The van der Waals surface area contributed by atoms with Crippen molar-refractivity contribution in [2.45, 2.75) is 40.5 Å². The van der Waals surface area contributed by atoms with Gasteiger partial charge in [-0.15, -0.1) is 0 Å². The molecule has 0 radical (unpaired) electrons. The molecule has 3 heteroatoms. The predicted octanol–water partition coefficient (Wildman–Crippen LogP) is 4.25. The average Bonchev–Trinajstić information content (AvgIpc) is 2.31. The number of benzene rings is 1. The van der Waals surface area contributed by atoms with Gasteiger partial charge in [-0.25, -0.2) is 0 Å². The molecule has 0 spiro atoms. The molecule has 2 nitrogen and oxygen atoms in total. The van der Waals surface area contributed by atoms with E-state index in [0.717, 1.165) is 25.1 Å². The Labute approximate surface area is 126 Å². The van der Waals surface area contributed by atoms with Gasteiger partial charge in [0.15, 0.2) is 0 Å². The number of methoxy groups -OCH3 is 1. The fourth-order valence-electron chi connectivity index (χ4n) is 2.53. The van der Waals surface area contributed by atoms with Crippen molar-refractivity contribution in [1.82, 2.24) is 5.32 Å². The van der Waals surface area contributed by atoms with Crippen LogP contribution in [-0.2, 0) is 6.42 Å². The molecule has 0 atom stereocenters. The van der Waals surface area contributed by atoms with Crippen molar-refractivity contribution in [3.63, 3.8) is 0 Å². The van der Waals surface area contributed by atoms with Gasteiger partial charge in [0.25, 0.3) is 0 Å². The van der Waals surface area contributed by atoms with Crippen LogP contribution in [0.25, 0.3) is 0 Å². The van der Waals surface area contributed by atoms with Gasteiger partial charge in [-0.2, -0.15) is 0 Å². The number of ether oxygens (including phenoxy) is 1. The third-order valence-corrected chi connectivity index (χ3v) is 4.52. The Bertz CT molecular complexity index is 441. The summed E-state index contributed by atoms with van der Waals surface area (Å²) in [7, 11) is 3.77. The van der Waals surface area contributed by atoms with Crippen molar-refractivity contribution in [3.05, 3.63) is 27.2 Å². The zero-order valence-corrected chi connectivity index (χ0v) is 14.6. The van der Waals surface area contributed by atoms with Crippen molar-refractivity contribution in [1.29, 1.82) is 0 Å². The van der Waals surface area contributed by atoms with E-state index in [4.69, 9.17) is 4.74 Å². The van der Waals surface area contributed by atoms with Crippen LogP contribution < -0.4 is 10.1 Å². The molecule has 1 aromatic carbocycles. The van der Waals surface area contributed by atoms with Crippen molar-refractivity contribution in [3.8, 4) is 5.75 Å². The molecule has 0 saturated heterocycles. The van der Waals surface area contributed by atoms with Crippen LogP contribution in [0.3, 0.4) is 0 Å². The Morgan fingerprint density at radius 3 is 2.47 bits per heavy atom. The Kier molecular flexibility index (Phi) is 5.87. The van der Waals surface area contributed by atoms with Crippen molar-refractivity contribution >= 4 is 15.9 Å². The monoisotopic (exact) mass is 327 g/mol. The van der Waals surface area contributed by atoms with E-state index >= 15 is 0 Å². The molecular formula is C16H26BrNO. The van der Waals surface area contributed by atoms with E-state index in [0.29, 0.717) is 5.41 Å². The molecule has 0 saturated carbocycles. The summed E-state index contributed by atoms with van der Waals surface area (Å²) in [4.78, 5) is 0. The van der Waals surface area contributed by atoms with Crippen LogP contribution in [0.15, 0.2) is 10.5 Å². The van der Waals surface area contributed by atoms with Crippen LogP contribution in [0.1, 0.15) is 37.0 Å². The van der Waals surface area contributed by atoms with Gasteiger partial charge in [0.2, 0.25) is 0 Å². The largest absolute Gasteiger partial charge is 0.496 e. The topological polar surface area (TPSA) is 21.3 Å². The van der Waals surface area contributed by atoms with Crippen LogP contribution in [0.5, 0.6) is 5.75 Å². The van der Waals surface area contributed by atoms with Crippen LogP contribution in [0, 0.1) is 19.3 Å². The van der Waals surface area contributed by atoms with E-state index in [2.05, 4.69) is 55.0 Å². The Morgan fingerprint density at radius 1 is 1.32 bits per heavy atom. The molecule has 1 aromatic rings. The van der Waals surface area contributed by atoms with Gasteiger partial charge in [-0.05, 0) is 68.5 Å². The summed E-state index contributed by atoms with van der Waals surface area (Å²) < 4.78 is 6.77. The summed E-state index contributed by atoms with van der Waals surface area (Å²) in [6.07, 6.45) is 2.19. The van der Waals surface area contributed by atoms with E-state index in [1.807, 2.05) is 7.05 Å². The molecule has 0 heterocycles. The fraction of sp³-hybridized carbons (Fsp3) is 0.625. The quantitative estimate of drug-likeness (QED) is 0.843. The van der Waals surface area contributed by atoms with Gasteiger partial charge in [0.1, 0.15) is 5.75 Å². The molecule has 19 heavy (non-hydrogen) atoms. The second-order valence-electron chi connectivity index (χ2n) is 6.01. The van der Waals surface area contributed by atoms with E-state index < -0.39 is 0 Å². The summed E-state index contributed by atoms with van der Waals surface area (Å²) in [6, 6.07) is 2.14. The minimum absolute atomic E-state index is 0.294. The Morgan fingerprint density at radius 2 is 1.95 bits per heavy atom. The molecule has 0 aliphatic rings. The Balaban J connectivity index is 3.00. The SMILES string of the molecule is CNCC(C)(C)CCc1c(C)c(Br)cc(C)c1OC. The standard InChI is InChI=1S/C16H26BrNO/c1-11-9-14(17)12(2)13(15(11)19-6)7-8-16(3,4)10-18-5/h9,18H,7-8,10H2,1-6H3. The summed E-state index contributed by atoms with van der Waals surface area (Å²) in [5.74, 6) is 1.04. The van der Waals surface area contributed by atoms with Crippen molar-refractivity contribution in [2.75, 3.05) is 20.7 Å². The first-order valence-electron chi connectivity index (χ1n) is 6.79. The maximum Gasteiger partial charge on any atom is 0.125 e. The summed E-state index contributed by atoms with van der Waals surface area (Å²) >= 11 is 3.64. The van der Waals surface area contributed by atoms with Crippen LogP contribution >= 0.6 is 15.9 Å². The van der Waals surface area contributed by atoms with E-state index in [1.54, 1.807) is 7.11 Å². The number of hydrogen-bond acceptors (Lipinski definition) is 2. The maximum absolute atomic E-state index is 5.60. The molecular weight excluding hydrogens is 302 g/mol. The highest BCUT2D eigenvalue weighted by Gasteiger charge is 2.20. The first kappa shape index (κ1) is 16.5. The molecule has 0 bridgehead atoms. The molecule has 0 aliphatic carbocycles. The smallest absolute Gasteiger partial charge is 0.125 e. The van der Waals surface area contributed by atoms with Crippen LogP contribution in [0.4, 0.5) is 0 Å². The normalized spacial score (nSPS) is 11.7. The maximum atomic E-state index is 5.60. The summed E-state index contributed by atoms with van der Waals surface area (Å²) in [5, 5.41) is 3.27.